The largest absolute Gasteiger partial charge is 0.496 e. The zero-order chi connectivity index (χ0) is 15.6. The van der Waals surface area contributed by atoms with Gasteiger partial charge in [0.2, 0.25) is 0 Å². The molecule has 0 spiro atoms. The van der Waals surface area contributed by atoms with Crippen molar-refractivity contribution in [2.45, 2.75) is 32.9 Å². The van der Waals surface area contributed by atoms with Crippen LogP contribution in [0.1, 0.15) is 30.0 Å². The first-order valence-corrected chi connectivity index (χ1v) is 7.51. The van der Waals surface area contributed by atoms with Crippen molar-refractivity contribution in [3.8, 4) is 5.75 Å². The standard InChI is InChI=1S/C15H18BrFN2O2/c1-4-19-11(15(16)9(2)18-19)8-12(20)14-10(17)6-5-7-13(14)21-3/h5-7,12,20H,4,8H2,1-3H3. The number of nitrogens with zero attached hydrogens (tertiary/aromatic N) is 2. The van der Waals surface area contributed by atoms with Gasteiger partial charge in [-0.05, 0) is 41.9 Å². The quantitative estimate of drug-likeness (QED) is 0.892. The van der Waals surface area contributed by atoms with Gasteiger partial charge in [-0.25, -0.2) is 4.39 Å². The maximum atomic E-state index is 14.0. The van der Waals surface area contributed by atoms with Crippen LogP contribution in [0.3, 0.4) is 0 Å². The lowest BCUT2D eigenvalue weighted by Gasteiger charge is -2.16. The zero-order valence-electron chi connectivity index (χ0n) is 12.2. The first-order valence-electron chi connectivity index (χ1n) is 6.71. The van der Waals surface area contributed by atoms with Crippen LogP contribution in [0.15, 0.2) is 22.7 Å². The minimum atomic E-state index is -1.00. The Morgan fingerprint density at radius 3 is 2.81 bits per heavy atom. The Hall–Kier alpha value is -1.40. The predicted molar refractivity (Wildman–Crippen MR) is 82.0 cm³/mol. The SMILES string of the molecule is CCn1nc(C)c(Br)c1CC(O)c1c(F)cccc1OC. The lowest BCUT2D eigenvalue weighted by molar-refractivity contribution is 0.166. The van der Waals surface area contributed by atoms with E-state index < -0.39 is 11.9 Å². The molecule has 4 nitrogen and oxygen atoms in total. The minimum absolute atomic E-state index is 0.174. The van der Waals surface area contributed by atoms with Gasteiger partial charge in [-0.15, -0.1) is 0 Å². The van der Waals surface area contributed by atoms with Crippen LogP contribution >= 0.6 is 15.9 Å². The number of ether oxygens (including phenoxy) is 1. The van der Waals surface area contributed by atoms with Crippen LogP contribution in [0.25, 0.3) is 0 Å². The third kappa shape index (κ3) is 3.11. The number of aryl methyl sites for hydroxylation is 2. The number of halogens is 2. The van der Waals surface area contributed by atoms with Crippen LogP contribution in [0.5, 0.6) is 5.75 Å². The molecule has 0 amide bonds. The molecule has 0 bridgehead atoms. The van der Waals surface area contributed by atoms with E-state index in [-0.39, 0.29) is 12.0 Å². The van der Waals surface area contributed by atoms with E-state index >= 15 is 0 Å². The highest BCUT2D eigenvalue weighted by Crippen LogP contribution is 2.32. The third-order valence-electron chi connectivity index (χ3n) is 3.41. The molecule has 0 aliphatic heterocycles. The topological polar surface area (TPSA) is 47.3 Å². The maximum Gasteiger partial charge on any atom is 0.132 e. The molecule has 1 aromatic heterocycles. The molecular formula is C15H18BrFN2O2. The smallest absolute Gasteiger partial charge is 0.132 e. The molecule has 0 saturated heterocycles. The van der Waals surface area contributed by atoms with Gasteiger partial charge in [-0.3, -0.25) is 4.68 Å². The number of methoxy groups -OCH3 is 1. The van der Waals surface area contributed by atoms with Crippen molar-refractivity contribution in [3.05, 3.63) is 45.4 Å². The predicted octanol–water partition coefficient (Wildman–Crippen LogP) is 3.40. The summed E-state index contributed by atoms with van der Waals surface area (Å²) in [4.78, 5) is 0. The fraction of sp³-hybridized carbons (Fsp3) is 0.400. The summed E-state index contributed by atoms with van der Waals surface area (Å²) < 4.78 is 21.8. The van der Waals surface area contributed by atoms with Gasteiger partial charge in [0.1, 0.15) is 11.6 Å². The number of aliphatic hydroxyl groups is 1. The van der Waals surface area contributed by atoms with Crippen molar-refractivity contribution in [1.82, 2.24) is 9.78 Å². The lowest BCUT2D eigenvalue weighted by atomic mass is 10.0. The Balaban J connectivity index is 2.37. The van der Waals surface area contributed by atoms with E-state index in [9.17, 15) is 9.50 Å². The van der Waals surface area contributed by atoms with E-state index in [1.54, 1.807) is 16.8 Å². The second-order valence-electron chi connectivity index (χ2n) is 4.74. The van der Waals surface area contributed by atoms with Crippen molar-refractivity contribution < 1.29 is 14.2 Å². The fourth-order valence-electron chi connectivity index (χ4n) is 2.37. The van der Waals surface area contributed by atoms with Gasteiger partial charge in [0.05, 0.1) is 34.6 Å². The van der Waals surface area contributed by atoms with E-state index in [2.05, 4.69) is 21.0 Å². The minimum Gasteiger partial charge on any atom is -0.496 e. The Morgan fingerprint density at radius 1 is 1.48 bits per heavy atom. The lowest BCUT2D eigenvalue weighted by Crippen LogP contribution is -2.11. The summed E-state index contributed by atoms with van der Waals surface area (Å²) >= 11 is 3.48. The summed E-state index contributed by atoms with van der Waals surface area (Å²) in [5.41, 5.74) is 1.86. The molecule has 1 unspecified atom stereocenters. The molecule has 1 atom stereocenters. The molecule has 6 heteroatoms. The van der Waals surface area contributed by atoms with Crippen LogP contribution in [-0.2, 0) is 13.0 Å². The number of hydrogen-bond acceptors (Lipinski definition) is 3. The molecule has 21 heavy (non-hydrogen) atoms. The van der Waals surface area contributed by atoms with Crippen LogP contribution in [-0.4, -0.2) is 22.0 Å². The first kappa shape index (κ1) is 16.0. The zero-order valence-corrected chi connectivity index (χ0v) is 13.8. The summed E-state index contributed by atoms with van der Waals surface area (Å²) in [5.74, 6) is -0.129. The number of hydrogen-bond donors (Lipinski definition) is 1. The normalized spacial score (nSPS) is 12.5. The molecule has 0 radical (unpaired) electrons. The van der Waals surface area contributed by atoms with Gasteiger partial charge in [0.15, 0.2) is 0 Å². The average molecular weight is 357 g/mol. The van der Waals surface area contributed by atoms with E-state index in [1.165, 1.54) is 13.2 Å². The molecule has 1 N–H and O–H groups in total. The van der Waals surface area contributed by atoms with Gasteiger partial charge < -0.3 is 9.84 Å². The highest BCUT2D eigenvalue weighted by molar-refractivity contribution is 9.10. The second-order valence-corrected chi connectivity index (χ2v) is 5.53. The number of rotatable bonds is 5. The van der Waals surface area contributed by atoms with E-state index in [0.717, 1.165) is 15.9 Å². The van der Waals surface area contributed by atoms with Crippen molar-refractivity contribution in [1.29, 1.82) is 0 Å². The molecule has 0 saturated carbocycles. The molecule has 2 aromatic rings. The van der Waals surface area contributed by atoms with Crippen molar-refractivity contribution in [3.63, 3.8) is 0 Å². The fourth-order valence-corrected chi connectivity index (χ4v) is 2.81. The van der Waals surface area contributed by atoms with E-state index in [1.807, 2.05) is 13.8 Å². The number of benzene rings is 1. The molecule has 1 aromatic carbocycles. The second kappa shape index (κ2) is 6.58. The van der Waals surface area contributed by atoms with Gasteiger partial charge in [-0.2, -0.15) is 5.10 Å². The first-order chi connectivity index (χ1) is 9.99. The highest BCUT2D eigenvalue weighted by atomic mass is 79.9. The van der Waals surface area contributed by atoms with Crippen molar-refractivity contribution >= 4 is 15.9 Å². The van der Waals surface area contributed by atoms with E-state index in [4.69, 9.17) is 4.74 Å². The molecule has 0 fully saturated rings. The molecule has 1 heterocycles. The van der Waals surface area contributed by atoms with Gasteiger partial charge in [0, 0.05) is 13.0 Å². The van der Waals surface area contributed by atoms with Crippen LogP contribution in [0.2, 0.25) is 0 Å². The average Bonchev–Trinajstić information content (AvgIpc) is 2.74. The molecule has 0 aliphatic carbocycles. The summed E-state index contributed by atoms with van der Waals surface area (Å²) in [6.45, 7) is 4.54. The number of aromatic nitrogens is 2. The highest BCUT2D eigenvalue weighted by Gasteiger charge is 2.22. The third-order valence-corrected chi connectivity index (χ3v) is 4.44. The Kier molecular flexibility index (Phi) is 5.00. The van der Waals surface area contributed by atoms with Gasteiger partial charge in [0.25, 0.3) is 0 Å². The van der Waals surface area contributed by atoms with Crippen LogP contribution in [0.4, 0.5) is 4.39 Å². The molecule has 0 aliphatic rings. The monoisotopic (exact) mass is 356 g/mol. The number of aliphatic hydroxyl groups excluding tert-OH is 1. The molecular weight excluding hydrogens is 339 g/mol. The Morgan fingerprint density at radius 2 is 2.19 bits per heavy atom. The Labute approximate surface area is 131 Å². The van der Waals surface area contributed by atoms with Crippen LogP contribution in [0, 0.1) is 12.7 Å². The van der Waals surface area contributed by atoms with Crippen LogP contribution < -0.4 is 4.74 Å². The summed E-state index contributed by atoms with van der Waals surface area (Å²) in [7, 11) is 1.46. The summed E-state index contributed by atoms with van der Waals surface area (Å²) in [6.07, 6.45) is -0.745. The summed E-state index contributed by atoms with van der Waals surface area (Å²) in [6, 6.07) is 4.51. The molecule has 114 valence electrons. The van der Waals surface area contributed by atoms with E-state index in [0.29, 0.717) is 12.3 Å². The maximum absolute atomic E-state index is 14.0. The Bertz CT molecular complexity index is 643. The summed E-state index contributed by atoms with van der Waals surface area (Å²) in [5, 5.41) is 14.8. The van der Waals surface area contributed by atoms with Crippen molar-refractivity contribution in [2.75, 3.05) is 7.11 Å². The molecule has 2 rings (SSSR count). The van der Waals surface area contributed by atoms with Crippen molar-refractivity contribution in [2.24, 2.45) is 0 Å². The van der Waals surface area contributed by atoms with Gasteiger partial charge in [-0.1, -0.05) is 6.07 Å². The van der Waals surface area contributed by atoms with Gasteiger partial charge >= 0.3 is 0 Å².